The van der Waals surface area contributed by atoms with E-state index in [1.807, 2.05) is 20.8 Å². The summed E-state index contributed by atoms with van der Waals surface area (Å²) in [7, 11) is -2.52. The Morgan fingerprint density at radius 3 is 1.94 bits per heavy atom. The lowest BCUT2D eigenvalue weighted by molar-refractivity contribution is 0.0708. The summed E-state index contributed by atoms with van der Waals surface area (Å²) in [6.45, 7) is 8.25. The first kappa shape index (κ1) is 17.2. The smallest absolute Gasteiger partial charge is 0.374 e. The van der Waals surface area contributed by atoms with Crippen LogP contribution in [-0.4, -0.2) is 41.1 Å². The van der Waals surface area contributed by atoms with Gasteiger partial charge in [-0.1, -0.05) is 0 Å². The Labute approximate surface area is 110 Å². The zero-order chi connectivity index (χ0) is 13.9. The predicted molar refractivity (Wildman–Crippen MR) is 73.9 cm³/mol. The van der Waals surface area contributed by atoms with E-state index in [1.165, 1.54) is 0 Å². The average Bonchev–Trinajstić information content (AvgIpc) is 2.29. The molecule has 0 saturated carbocycles. The third-order valence-electron chi connectivity index (χ3n) is 2.07. The van der Waals surface area contributed by atoms with Crippen molar-refractivity contribution in [1.82, 2.24) is 5.43 Å². The maximum Gasteiger partial charge on any atom is 0.500 e. The number of hydrogen-bond acceptors (Lipinski definition) is 5. The second-order valence-corrected chi connectivity index (χ2v) is 6.26. The molecule has 0 saturated heterocycles. The Morgan fingerprint density at radius 1 is 1.06 bits per heavy atom. The number of hydrogen-bond donors (Lipinski definition) is 3. The van der Waals surface area contributed by atoms with Crippen LogP contribution in [0.5, 0.6) is 0 Å². The molecule has 0 bridgehead atoms. The summed E-state index contributed by atoms with van der Waals surface area (Å²) in [5, 5.41) is 3.70. The van der Waals surface area contributed by atoms with Gasteiger partial charge in [0.1, 0.15) is 0 Å². The molecule has 0 fully saturated rings. The van der Waals surface area contributed by atoms with Gasteiger partial charge in [-0.15, -0.1) is 5.10 Å². The molecule has 0 aromatic carbocycles. The standard InChI is InChI=1S/C10H26N4O3Si/c1-4-15-18(16-5-2,17-6-3)9-7-8-13-14-10(11)12/h13H,4-9H2,1-3H3,(H4,11,12,14). The fourth-order valence-electron chi connectivity index (χ4n) is 1.53. The molecule has 0 heterocycles. The Hall–Kier alpha value is -0.833. The van der Waals surface area contributed by atoms with Crippen molar-refractivity contribution in [3.8, 4) is 0 Å². The highest BCUT2D eigenvalue weighted by Gasteiger charge is 2.39. The molecule has 0 atom stereocenters. The Balaban J connectivity index is 4.16. The van der Waals surface area contributed by atoms with E-state index in [2.05, 4.69) is 10.5 Å². The lowest BCUT2D eigenvalue weighted by Crippen LogP contribution is -2.46. The van der Waals surface area contributed by atoms with Crippen molar-refractivity contribution in [1.29, 1.82) is 0 Å². The van der Waals surface area contributed by atoms with Crippen LogP contribution in [0.4, 0.5) is 0 Å². The van der Waals surface area contributed by atoms with E-state index >= 15 is 0 Å². The third kappa shape index (κ3) is 7.48. The Kier molecular flexibility index (Phi) is 9.65. The fourth-order valence-corrected chi connectivity index (χ4v) is 4.14. The molecule has 0 aromatic heterocycles. The van der Waals surface area contributed by atoms with Crippen LogP contribution in [-0.2, 0) is 13.3 Å². The average molecular weight is 278 g/mol. The summed E-state index contributed by atoms with van der Waals surface area (Å²) in [6, 6.07) is 0.746. The van der Waals surface area contributed by atoms with Crippen LogP contribution in [0.25, 0.3) is 0 Å². The van der Waals surface area contributed by atoms with Crippen molar-refractivity contribution >= 4 is 14.8 Å². The lowest BCUT2D eigenvalue weighted by atomic mass is 10.5. The summed E-state index contributed by atoms with van der Waals surface area (Å²) < 4.78 is 17.2. The predicted octanol–water partition coefficient (Wildman–Crippen LogP) is 0.203. The van der Waals surface area contributed by atoms with Gasteiger partial charge in [0, 0.05) is 32.4 Å². The summed E-state index contributed by atoms with van der Waals surface area (Å²) in [6.07, 6.45) is 0.822. The van der Waals surface area contributed by atoms with E-state index in [1.54, 1.807) is 0 Å². The van der Waals surface area contributed by atoms with Crippen LogP contribution < -0.4 is 16.9 Å². The highest BCUT2D eigenvalue weighted by Crippen LogP contribution is 2.17. The lowest BCUT2D eigenvalue weighted by Gasteiger charge is -2.28. The molecule has 0 amide bonds. The molecule has 0 spiro atoms. The van der Waals surface area contributed by atoms with Crippen LogP contribution in [0.1, 0.15) is 27.2 Å². The van der Waals surface area contributed by atoms with Gasteiger partial charge in [0.2, 0.25) is 5.96 Å². The minimum atomic E-state index is -2.52. The van der Waals surface area contributed by atoms with Crippen molar-refractivity contribution in [2.75, 3.05) is 26.4 Å². The van der Waals surface area contributed by atoms with E-state index in [0.717, 1.165) is 12.5 Å². The summed E-state index contributed by atoms with van der Waals surface area (Å²) >= 11 is 0. The monoisotopic (exact) mass is 278 g/mol. The molecule has 8 heteroatoms. The van der Waals surface area contributed by atoms with Gasteiger partial charge in [-0.2, -0.15) is 0 Å². The molecular formula is C10H26N4O3Si. The Morgan fingerprint density at radius 2 is 1.56 bits per heavy atom. The zero-order valence-corrected chi connectivity index (χ0v) is 12.6. The molecule has 0 aromatic rings. The van der Waals surface area contributed by atoms with Crippen LogP contribution in [0, 0.1) is 0 Å². The van der Waals surface area contributed by atoms with Gasteiger partial charge in [-0.05, 0) is 27.2 Å². The molecule has 18 heavy (non-hydrogen) atoms. The molecule has 0 radical (unpaired) electrons. The molecule has 0 aliphatic heterocycles. The van der Waals surface area contributed by atoms with Crippen LogP contribution in [0.3, 0.4) is 0 Å². The van der Waals surface area contributed by atoms with E-state index in [9.17, 15) is 0 Å². The van der Waals surface area contributed by atoms with Crippen molar-refractivity contribution in [3.63, 3.8) is 0 Å². The molecule has 0 aliphatic rings. The second-order valence-electron chi connectivity index (χ2n) is 3.53. The normalized spacial score (nSPS) is 11.3. The molecule has 0 aliphatic carbocycles. The van der Waals surface area contributed by atoms with Crippen molar-refractivity contribution < 1.29 is 13.3 Å². The van der Waals surface area contributed by atoms with E-state index in [0.29, 0.717) is 26.4 Å². The number of nitrogens with two attached hydrogens (primary N) is 2. The number of nitrogens with one attached hydrogen (secondary N) is 1. The third-order valence-corrected chi connectivity index (χ3v) is 5.22. The van der Waals surface area contributed by atoms with Gasteiger partial charge in [0.05, 0.1) is 0 Å². The van der Waals surface area contributed by atoms with Crippen LogP contribution >= 0.6 is 0 Å². The fraction of sp³-hybridized carbons (Fsp3) is 0.900. The summed E-state index contributed by atoms with van der Waals surface area (Å²) in [4.78, 5) is 0. The first-order valence-electron chi connectivity index (χ1n) is 6.33. The minimum Gasteiger partial charge on any atom is -0.374 e. The topological polar surface area (TPSA) is 104 Å². The molecule has 108 valence electrons. The van der Waals surface area contributed by atoms with Gasteiger partial charge in [-0.3, -0.25) is 0 Å². The maximum absolute atomic E-state index is 5.72. The molecular weight excluding hydrogens is 252 g/mol. The Bertz CT molecular complexity index is 220. The highest BCUT2D eigenvalue weighted by molar-refractivity contribution is 6.60. The second kappa shape index (κ2) is 10.1. The first-order chi connectivity index (χ1) is 8.60. The largest absolute Gasteiger partial charge is 0.500 e. The first-order valence-corrected chi connectivity index (χ1v) is 8.26. The SMILES string of the molecule is CCO[Si](CCCNN=C(N)N)(OCC)OCC. The number of rotatable bonds is 11. The number of guanidine groups is 1. The minimum absolute atomic E-state index is 0.0259. The van der Waals surface area contributed by atoms with E-state index in [-0.39, 0.29) is 5.96 Å². The van der Waals surface area contributed by atoms with Gasteiger partial charge >= 0.3 is 8.80 Å². The zero-order valence-electron chi connectivity index (χ0n) is 11.6. The molecule has 5 N–H and O–H groups in total. The van der Waals surface area contributed by atoms with Crippen molar-refractivity contribution in [2.24, 2.45) is 16.6 Å². The van der Waals surface area contributed by atoms with E-state index < -0.39 is 8.80 Å². The number of nitrogens with zero attached hydrogens (tertiary/aromatic N) is 1. The van der Waals surface area contributed by atoms with Gasteiger partial charge in [0.25, 0.3) is 0 Å². The van der Waals surface area contributed by atoms with E-state index in [4.69, 9.17) is 24.7 Å². The molecule has 0 rings (SSSR count). The van der Waals surface area contributed by atoms with Gasteiger partial charge < -0.3 is 30.2 Å². The molecule has 0 unspecified atom stereocenters. The van der Waals surface area contributed by atoms with Crippen molar-refractivity contribution in [3.05, 3.63) is 0 Å². The van der Waals surface area contributed by atoms with Crippen LogP contribution in [0.15, 0.2) is 5.10 Å². The summed E-state index contributed by atoms with van der Waals surface area (Å²) in [5.41, 5.74) is 13.2. The molecule has 7 nitrogen and oxygen atoms in total. The van der Waals surface area contributed by atoms with Gasteiger partial charge in [0.15, 0.2) is 0 Å². The maximum atomic E-state index is 5.72. The highest BCUT2D eigenvalue weighted by atomic mass is 28.4. The number of hydrazone groups is 1. The van der Waals surface area contributed by atoms with Gasteiger partial charge in [-0.25, -0.2) is 0 Å². The summed E-state index contributed by atoms with van der Waals surface area (Å²) in [5.74, 6) is 0.0259. The quantitative estimate of drug-likeness (QED) is 0.164. The van der Waals surface area contributed by atoms with Crippen molar-refractivity contribution in [2.45, 2.75) is 33.2 Å². The van der Waals surface area contributed by atoms with Crippen LogP contribution in [0.2, 0.25) is 6.04 Å².